The van der Waals surface area contributed by atoms with Crippen molar-refractivity contribution in [1.29, 1.82) is 0 Å². The molecule has 2 rings (SSSR count). The fraction of sp³-hybridized carbons (Fsp3) is 0.500. The van der Waals surface area contributed by atoms with E-state index in [1.54, 1.807) is 7.11 Å². The molecule has 0 saturated heterocycles. The van der Waals surface area contributed by atoms with Crippen LogP contribution in [0.15, 0.2) is 24.3 Å². The second-order valence-corrected chi connectivity index (χ2v) is 5.33. The van der Waals surface area contributed by atoms with Gasteiger partial charge in [0.1, 0.15) is 5.82 Å². The van der Waals surface area contributed by atoms with Crippen molar-refractivity contribution < 1.29 is 9.53 Å². The Morgan fingerprint density at radius 3 is 2.71 bits per heavy atom. The van der Waals surface area contributed by atoms with Gasteiger partial charge >= 0.3 is 0 Å². The number of fused-ring (bicyclic) bond motifs is 1. The maximum atomic E-state index is 11.7. The van der Waals surface area contributed by atoms with E-state index in [9.17, 15) is 4.79 Å². The highest BCUT2D eigenvalue weighted by atomic mass is 35.5. The van der Waals surface area contributed by atoms with Gasteiger partial charge in [-0.25, -0.2) is 4.98 Å². The number of methoxy groups -OCH3 is 1. The van der Waals surface area contributed by atoms with Crippen LogP contribution in [0.25, 0.3) is 11.0 Å². The highest BCUT2D eigenvalue weighted by Crippen LogP contribution is 2.14. The van der Waals surface area contributed by atoms with Crippen molar-refractivity contribution in [2.75, 3.05) is 20.2 Å². The smallest absolute Gasteiger partial charge is 0.222 e. The van der Waals surface area contributed by atoms with Crippen LogP contribution in [0, 0.1) is 0 Å². The summed E-state index contributed by atoms with van der Waals surface area (Å²) >= 11 is 0. The summed E-state index contributed by atoms with van der Waals surface area (Å²) in [5.74, 6) is 1.01. The van der Waals surface area contributed by atoms with Gasteiger partial charge in [0, 0.05) is 33.7 Å². The topological polar surface area (TPSA) is 82.2 Å². The van der Waals surface area contributed by atoms with Gasteiger partial charge < -0.3 is 20.4 Å². The number of carbonyl (C=O) groups is 1. The monoisotopic (exact) mass is 376 g/mol. The van der Waals surface area contributed by atoms with Crippen LogP contribution in [0.4, 0.5) is 0 Å². The van der Waals surface area contributed by atoms with Gasteiger partial charge in [-0.05, 0) is 18.6 Å². The molecule has 3 N–H and O–H groups in total. The SMILES string of the molecule is COC(CN)CC(=O)NCCCc1nc2ccccc2n1C.Cl.Cl. The van der Waals surface area contributed by atoms with Crippen LogP contribution in [-0.2, 0) is 23.0 Å². The van der Waals surface area contributed by atoms with Crippen molar-refractivity contribution in [3.63, 3.8) is 0 Å². The number of rotatable bonds is 8. The number of ether oxygens (including phenoxy) is 1. The predicted octanol–water partition coefficient (Wildman–Crippen LogP) is 1.83. The molecular formula is C16H26Cl2N4O2. The molecular weight excluding hydrogens is 351 g/mol. The molecule has 0 aliphatic rings. The summed E-state index contributed by atoms with van der Waals surface area (Å²) in [5.41, 5.74) is 7.64. The van der Waals surface area contributed by atoms with E-state index in [-0.39, 0.29) is 36.8 Å². The van der Waals surface area contributed by atoms with E-state index in [1.807, 2.05) is 25.2 Å². The van der Waals surface area contributed by atoms with E-state index < -0.39 is 0 Å². The number of benzene rings is 1. The molecule has 1 atom stereocenters. The fourth-order valence-electron chi connectivity index (χ4n) is 2.44. The maximum Gasteiger partial charge on any atom is 0.222 e. The number of nitrogens with two attached hydrogens (primary N) is 1. The lowest BCUT2D eigenvalue weighted by Gasteiger charge is -2.12. The summed E-state index contributed by atoms with van der Waals surface area (Å²) in [5, 5.41) is 2.89. The number of hydrogen-bond acceptors (Lipinski definition) is 4. The van der Waals surface area contributed by atoms with E-state index in [0.717, 1.165) is 29.7 Å². The van der Waals surface area contributed by atoms with Gasteiger partial charge in [-0.1, -0.05) is 12.1 Å². The number of hydrogen-bond donors (Lipinski definition) is 2. The van der Waals surface area contributed by atoms with Gasteiger partial charge in [-0.15, -0.1) is 24.8 Å². The summed E-state index contributed by atoms with van der Waals surface area (Å²) in [6.07, 6.45) is 1.78. The molecule has 0 saturated carbocycles. The average Bonchev–Trinajstić information content (AvgIpc) is 2.86. The van der Waals surface area contributed by atoms with Gasteiger partial charge in [0.15, 0.2) is 0 Å². The minimum absolute atomic E-state index is 0. The van der Waals surface area contributed by atoms with Crippen LogP contribution in [0.3, 0.4) is 0 Å². The number of imidazole rings is 1. The summed E-state index contributed by atoms with van der Waals surface area (Å²) in [6, 6.07) is 8.07. The van der Waals surface area contributed by atoms with Crippen LogP contribution >= 0.6 is 24.8 Å². The molecule has 0 spiro atoms. The zero-order valence-electron chi connectivity index (χ0n) is 14.0. The third-order valence-electron chi connectivity index (χ3n) is 3.79. The maximum absolute atomic E-state index is 11.7. The summed E-state index contributed by atoms with van der Waals surface area (Å²) in [7, 11) is 3.59. The fourth-order valence-corrected chi connectivity index (χ4v) is 2.44. The zero-order chi connectivity index (χ0) is 15.9. The largest absolute Gasteiger partial charge is 0.380 e. The standard InChI is InChI=1S/C16H24N4O2.2ClH/c1-20-14-7-4-3-6-13(14)19-15(20)8-5-9-18-16(21)10-12(11-17)22-2;;/h3-4,6-7,12H,5,8-11,17H2,1-2H3,(H,18,21);2*1H. The van der Waals surface area contributed by atoms with E-state index >= 15 is 0 Å². The van der Waals surface area contributed by atoms with Crippen LogP contribution in [-0.4, -0.2) is 41.8 Å². The van der Waals surface area contributed by atoms with Crippen molar-refractivity contribution in [2.24, 2.45) is 12.8 Å². The Labute approximate surface area is 155 Å². The Bertz CT molecular complexity index is 630. The Balaban J connectivity index is 0.00000264. The minimum Gasteiger partial charge on any atom is -0.380 e. The van der Waals surface area contributed by atoms with Crippen LogP contribution in [0.5, 0.6) is 0 Å². The normalized spacial score (nSPS) is 11.5. The highest BCUT2D eigenvalue weighted by molar-refractivity contribution is 5.85. The molecule has 0 aliphatic heterocycles. The molecule has 1 aromatic heterocycles. The number of carbonyl (C=O) groups excluding carboxylic acids is 1. The van der Waals surface area contributed by atoms with Crippen molar-refractivity contribution in [1.82, 2.24) is 14.9 Å². The Hall–Kier alpha value is -1.34. The van der Waals surface area contributed by atoms with E-state index in [4.69, 9.17) is 10.5 Å². The van der Waals surface area contributed by atoms with Gasteiger partial charge in [0.25, 0.3) is 0 Å². The Morgan fingerprint density at radius 1 is 1.38 bits per heavy atom. The number of para-hydroxylation sites is 2. The van der Waals surface area contributed by atoms with Gasteiger partial charge in [-0.2, -0.15) is 0 Å². The number of amides is 1. The molecule has 0 bridgehead atoms. The van der Waals surface area contributed by atoms with Crippen LogP contribution in [0.2, 0.25) is 0 Å². The van der Waals surface area contributed by atoms with Crippen LogP contribution in [0.1, 0.15) is 18.7 Å². The summed E-state index contributed by atoms with van der Waals surface area (Å²) in [4.78, 5) is 16.3. The van der Waals surface area contributed by atoms with E-state index in [1.165, 1.54) is 0 Å². The Kier molecular flexibility index (Phi) is 10.6. The van der Waals surface area contributed by atoms with Crippen molar-refractivity contribution in [3.8, 4) is 0 Å². The number of aryl methyl sites for hydroxylation is 2. The first-order valence-electron chi connectivity index (χ1n) is 7.55. The van der Waals surface area contributed by atoms with Crippen LogP contribution < -0.4 is 11.1 Å². The quantitative estimate of drug-likeness (QED) is 0.688. The molecule has 1 heterocycles. The van der Waals surface area contributed by atoms with Gasteiger partial charge in [-0.3, -0.25) is 4.79 Å². The molecule has 1 unspecified atom stereocenters. The average molecular weight is 377 g/mol. The molecule has 6 nitrogen and oxygen atoms in total. The molecule has 0 fully saturated rings. The molecule has 1 aromatic carbocycles. The van der Waals surface area contributed by atoms with E-state index in [0.29, 0.717) is 19.5 Å². The lowest BCUT2D eigenvalue weighted by atomic mass is 10.2. The highest BCUT2D eigenvalue weighted by Gasteiger charge is 2.11. The second kappa shape index (κ2) is 11.3. The number of aromatic nitrogens is 2. The molecule has 1 amide bonds. The first kappa shape index (κ1) is 22.7. The molecule has 0 radical (unpaired) electrons. The Morgan fingerprint density at radius 2 is 2.08 bits per heavy atom. The number of halogens is 2. The summed E-state index contributed by atoms with van der Waals surface area (Å²) < 4.78 is 7.20. The molecule has 0 aliphatic carbocycles. The van der Waals surface area contributed by atoms with Gasteiger partial charge in [0.05, 0.1) is 23.6 Å². The van der Waals surface area contributed by atoms with Crippen molar-refractivity contribution in [2.45, 2.75) is 25.4 Å². The second-order valence-electron chi connectivity index (χ2n) is 5.33. The first-order chi connectivity index (χ1) is 10.7. The minimum atomic E-state index is -0.208. The lowest BCUT2D eigenvalue weighted by Crippen LogP contribution is -2.32. The summed E-state index contributed by atoms with van der Waals surface area (Å²) in [6.45, 7) is 0.979. The molecule has 8 heteroatoms. The van der Waals surface area contributed by atoms with E-state index in [2.05, 4.69) is 20.9 Å². The third-order valence-corrected chi connectivity index (χ3v) is 3.79. The molecule has 2 aromatic rings. The third kappa shape index (κ3) is 5.94. The first-order valence-corrected chi connectivity index (χ1v) is 7.55. The molecule has 24 heavy (non-hydrogen) atoms. The number of nitrogens with one attached hydrogen (secondary N) is 1. The predicted molar refractivity (Wildman–Crippen MR) is 101 cm³/mol. The van der Waals surface area contributed by atoms with Gasteiger partial charge in [0.2, 0.25) is 5.91 Å². The number of nitrogens with zero attached hydrogens (tertiary/aromatic N) is 2. The lowest BCUT2D eigenvalue weighted by molar-refractivity contribution is -0.123. The van der Waals surface area contributed by atoms with Crippen molar-refractivity contribution >= 4 is 41.8 Å². The zero-order valence-corrected chi connectivity index (χ0v) is 15.7. The molecule has 136 valence electrons. The van der Waals surface area contributed by atoms with Crippen molar-refractivity contribution in [3.05, 3.63) is 30.1 Å².